The van der Waals surface area contributed by atoms with Crippen molar-refractivity contribution in [1.29, 1.82) is 0 Å². The van der Waals surface area contributed by atoms with Crippen molar-refractivity contribution in [3.05, 3.63) is 11.4 Å². The summed E-state index contributed by atoms with van der Waals surface area (Å²) in [5.41, 5.74) is 8.45. The number of hydrogen-bond donors (Lipinski definition) is 1. The van der Waals surface area contributed by atoms with E-state index in [9.17, 15) is 8.42 Å². The highest BCUT2D eigenvalue weighted by Crippen LogP contribution is 2.22. The van der Waals surface area contributed by atoms with Crippen LogP contribution in [0.25, 0.3) is 0 Å². The van der Waals surface area contributed by atoms with Crippen LogP contribution in [0.4, 0.5) is 5.69 Å². The van der Waals surface area contributed by atoms with Crippen LogP contribution in [0.2, 0.25) is 0 Å². The Balaban J connectivity index is 2.09. The smallest absolute Gasteiger partial charge is 0.211 e. The molecule has 0 radical (unpaired) electrons. The van der Waals surface area contributed by atoms with Gasteiger partial charge in [0.05, 0.1) is 23.3 Å². The lowest BCUT2D eigenvalue weighted by Gasteiger charge is -2.31. The minimum absolute atomic E-state index is 0.306. The van der Waals surface area contributed by atoms with E-state index in [-0.39, 0.29) is 0 Å². The Labute approximate surface area is 114 Å². The minimum atomic E-state index is -3.09. The van der Waals surface area contributed by atoms with Crippen LogP contribution in [0.15, 0.2) is 0 Å². The highest BCUT2D eigenvalue weighted by atomic mass is 32.2. The van der Waals surface area contributed by atoms with Crippen LogP contribution in [0.1, 0.15) is 24.2 Å². The highest BCUT2D eigenvalue weighted by molar-refractivity contribution is 7.88. The third kappa shape index (κ3) is 3.09. The molecule has 6 nitrogen and oxygen atoms in total. The van der Waals surface area contributed by atoms with Gasteiger partial charge in [-0.25, -0.2) is 12.7 Å². The fourth-order valence-corrected chi connectivity index (χ4v) is 3.55. The number of nitrogens with zero attached hydrogens (tertiary/aromatic N) is 3. The minimum Gasteiger partial charge on any atom is -0.396 e. The average Bonchev–Trinajstić information content (AvgIpc) is 2.56. The molecule has 2 heterocycles. The number of anilines is 1. The number of aromatic nitrogens is 2. The third-order valence-electron chi connectivity index (χ3n) is 3.82. The quantitative estimate of drug-likeness (QED) is 0.889. The molecule has 108 valence electrons. The van der Waals surface area contributed by atoms with Crippen LogP contribution >= 0.6 is 0 Å². The first kappa shape index (κ1) is 14.3. The summed E-state index contributed by atoms with van der Waals surface area (Å²) in [7, 11) is -3.09. The molecule has 19 heavy (non-hydrogen) atoms. The van der Waals surface area contributed by atoms with E-state index in [1.807, 2.05) is 18.5 Å². The zero-order valence-electron chi connectivity index (χ0n) is 11.8. The molecule has 1 aromatic heterocycles. The summed E-state index contributed by atoms with van der Waals surface area (Å²) in [5, 5.41) is 4.41. The molecule has 2 rings (SSSR count). The van der Waals surface area contributed by atoms with Crippen LogP contribution in [0.5, 0.6) is 0 Å². The average molecular weight is 286 g/mol. The Morgan fingerprint density at radius 2 is 2.11 bits per heavy atom. The first-order valence-corrected chi connectivity index (χ1v) is 8.38. The van der Waals surface area contributed by atoms with Crippen LogP contribution < -0.4 is 5.73 Å². The van der Waals surface area contributed by atoms with Crippen molar-refractivity contribution in [2.45, 2.75) is 33.2 Å². The number of hydrogen-bond acceptors (Lipinski definition) is 4. The summed E-state index contributed by atoms with van der Waals surface area (Å²) in [5.74, 6) is 0.306. The number of rotatable bonds is 3. The topological polar surface area (TPSA) is 81.2 Å². The van der Waals surface area contributed by atoms with Crippen LogP contribution in [-0.2, 0) is 16.6 Å². The maximum absolute atomic E-state index is 11.6. The first-order chi connectivity index (χ1) is 8.79. The van der Waals surface area contributed by atoms with Gasteiger partial charge in [-0.15, -0.1) is 0 Å². The number of piperidine rings is 1. The maximum atomic E-state index is 11.6. The molecule has 1 aliphatic rings. The second kappa shape index (κ2) is 5.13. The largest absolute Gasteiger partial charge is 0.396 e. The molecule has 1 fully saturated rings. The summed E-state index contributed by atoms with van der Waals surface area (Å²) in [4.78, 5) is 0. The van der Waals surface area contributed by atoms with Crippen LogP contribution in [0, 0.1) is 19.8 Å². The predicted molar refractivity (Wildman–Crippen MR) is 75.3 cm³/mol. The van der Waals surface area contributed by atoms with Gasteiger partial charge in [0.15, 0.2) is 0 Å². The third-order valence-corrected chi connectivity index (χ3v) is 5.09. The Kier molecular flexibility index (Phi) is 3.87. The molecule has 1 aliphatic heterocycles. The number of sulfonamides is 1. The van der Waals surface area contributed by atoms with Gasteiger partial charge in [0, 0.05) is 19.6 Å². The van der Waals surface area contributed by atoms with E-state index in [0.29, 0.717) is 19.0 Å². The number of nitrogens with two attached hydrogens (primary N) is 1. The van der Waals surface area contributed by atoms with Crippen molar-refractivity contribution < 1.29 is 8.42 Å². The molecule has 7 heteroatoms. The molecule has 1 saturated heterocycles. The second-order valence-electron chi connectivity index (χ2n) is 5.40. The normalized spacial score (nSPS) is 21.7. The van der Waals surface area contributed by atoms with Gasteiger partial charge < -0.3 is 5.73 Å². The van der Waals surface area contributed by atoms with Crippen LogP contribution in [0.3, 0.4) is 0 Å². The number of aryl methyl sites for hydroxylation is 1. The van der Waals surface area contributed by atoms with E-state index in [4.69, 9.17) is 5.73 Å². The van der Waals surface area contributed by atoms with Crippen molar-refractivity contribution in [1.82, 2.24) is 14.1 Å². The highest BCUT2D eigenvalue weighted by Gasteiger charge is 2.26. The molecular weight excluding hydrogens is 264 g/mol. The lowest BCUT2D eigenvalue weighted by atomic mass is 10.00. The van der Waals surface area contributed by atoms with E-state index < -0.39 is 10.0 Å². The fraction of sp³-hybridized carbons (Fsp3) is 0.750. The summed E-state index contributed by atoms with van der Waals surface area (Å²) >= 11 is 0. The van der Waals surface area contributed by atoms with E-state index in [1.54, 1.807) is 4.31 Å². The van der Waals surface area contributed by atoms with E-state index in [0.717, 1.165) is 36.5 Å². The van der Waals surface area contributed by atoms with Crippen molar-refractivity contribution in [2.24, 2.45) is 5.92 Å². The van der Waals surface area contributed by atoms with E-state index in [1.165, 1.54) is 6.26 Å². The molecule has 2 N–H and O–H groups in total. The standard InChI is InChI=1S/C12H22N4O2S/c1-9-12(13)10(2)16(14-9)8-11-5-4-6-15(7-11)19(3,17)18/h11H,4-8,13H2,1-3H3. The zero-order valence-corrected chi connectivity index (χ0v) is 12.6. The molecule has 0 aliphatic carbocycles. The lowest BCUT2D eigenvalue weighted by molar-refractivity contribution is 0.239. The summed E-state index contributed by atoms with van der Waals surface area (Å²) in [6, 6.07) is 0. The predicted octanol–water partition coefficient (Wildman–Crippen LogP) is 0.754. The van der Waals surface area contributed by atoms with E-state index >= 15 is 0 Å². The lowest BCUT2D eigenvalue weighted by Crippen LogP contribution is -2.40. The van der Waals surface area contributed by atoms with Gasteiger partial charge in [0.1, 0.15) is 0 Å². The molecule has 1 aromatic rings. The molecule has 0 amide bonds. The van der Waals surface area contributed by atoms with Gasteiger partial charge in [-0.2, -0.15) is 5.10 Å². The van der Waals surface area contributed by atoms with Gasteiger partial charge in [-0.3, -0.25) is 4.68 Å². The molecule has 0 saturated carbocycles. The number of nitrogen functional groups attached to an aromatic ring is 1. The Bertz CT molecular complexity index is 565. The first-order valence-electron chi connectivity index (χ1n) is 6.53. The van der Waals surface area contributed by atoms with Gasteiger partial charge in [0.2, 0.25) is 10.0 Å². The molecule has 0 aromatic carbocycles. The SMILES string of the molecule is Cc1nn(CC2CCCN(S(C)(=O)=O)C2)c(C)c1N. The van der Waals surface area contributed by atoms with Crippen LogP contribution in [-0.4, -0.2) is 41.8 Å². The van der Waals surface area contributed by atoms with E-state index in [2.05, 4.69) is 5.10 Å². The summed E-state index contributed by atoms with van der Waals surface area (Å²) < 4.78 is 26.7. The summed E-state index contributed by atoms with van der Waals surface area (Å²) in [6.07, 6.45) is 3.22. The van der Waals surface area contributed by atoms with Crippen molar-refractivity contribution >= 4 is 15.7 Å². The Morgan fingerprint density at radius 1 is 1.42 bits per heavy atom. The maximum Gasteiger partial charge on any atom is 0.211 e. The molecular formula is C12H22N4O2S. The molecule has 1 unspecified atom stereocenters. The van der Waals surface area contributed by atoms with Gasteiger partial charge in [-0.1, -0.05) is 0 Å². The van der Waals surface area contributed by atoms with Crippen molar-refractivity contribution in [3.63, 3.8) is 0 Å². The molecule has 1 atom stereocenters. The van der Waals surface area contributed by atoms with Gasteiger partial charge in [-0.05, 0) is 32.6 Å². The van der Waals surface area contributed by atoms with Gasteiger partial charge >= 0.3 is 0 Å². The monoisotopic (exact) mass is 286 g/mol. The molecule has 0 spiro atoms. The Hall–Kier alpha value is -1.08. The van der Waals surface area contributed by atoms with Gasteiger partial charge in [0.25, 0.3) is 0 Å². The second-order valence-corrected chi connectivity index (χ2v) is 7.38. The fourth-order valence-electron chi connectivity index (χ4n) is 2.61. The molecule has 0 bridgehead atoms. The summed E-state index contributed by atoms with van der Waals surface area (Å²) in [6.45, 7) is 5.79. The Morgan fingerprint density at radius 3 is 2.63 bits per heavy atom. The zero-order chi connectivity index (χ0) is 14.2. The van der Waals surface area contributed by atoms with Crippen molar-refractivity contribution in [3.8, 4) is 0 Å². The van der Waals surface area contributed by atoms with Crippen molar-refractivity contribution in [2.75, 3.05) is 25.1 Å².